The van der Waals surface area contributed by atoms with Crippen molar-refractivity contribution in [2.24, 2.45) is 4.99 Å². The van der Waals surface area contributed by atoms with Crippen LogP contribution in [0.5, 0.6) is 11.5 Å². The summed E-state index contributed by atoms with van der Waals surface area (Å²) >= 11 is 1.54. The lowest BCUT2D eigenvalue weighted by molar-refractivity contribution is -0.112. The molecule has 0 unspecified atom stereocenters. The fourth-order valence-electron chi connectivity index (χ4n) is 1.81. The molecule has 2 rings (SSSR count). The Bertz CT molecular complexity index is 694. The zero-order chi connectivity index (χ0) is 16.7. The van der Waals surface area contributed by atoms with Crippen molar-refractivity contribution in [1.82, 2.24) is 5.32 Å². The third kappa shape index (κ3) is 4.40. The molecule has 0 radical (unpaired) electrons. The van der Waals surface area contributed by atoms with Gasteiger partial charge in [0.1, 0.15) is 23.1 Å². The van der Waals surface area contributed by atoms with Crippen LogP contribution >= 0.6 is 11.8 Å². The summed E-state index contributed by atoms with van der Waals surface area (Å²) in [5.74, 6) is 1.39. The molecule has 0 bridgehead atoms. The van der Waals surface area contributed by atoms with E-state index in [0.29, 0.717) is 22.4 Å². The number of nitrogens with zero attached hydrogens (tertiary/aromatic N) is 2. The van der Waals surface area contributed by atoms with Crippen LogP contribution in [0.4, 0.5) is 5.69 Å². The number of thioether (sulfide) groups is 1. The second-order valence-electron chi connectivity index (χ2n) is 4.37. The predicted molar refractivity (Wildman–Crippen MR) is 89.8 cm³/mol. The van der Waals surface area contributed by atoms with Crippen molar-refractivity contribution >= 4 is 28.5 Å². The smallest absolute Gasteiger partial charge is 0.267 e. The maximum atomic E-state index is 12.2. The maximum absolute atomic E-state index is 12.2. The average molecular weight is 332 g/mol. The largest absolute Gasteiger partial charge is 0.497 e. The van der Waals surface area contributed by atoms with E-state index in [0.717, 1.165) is 12.3 Å². The Morgan fingerprint density at radius 1 is 1.43 bits per heavy atom. The maximum Gasteiger partial charge on any atom is 0.267 e. The van der Waals surface area contributed by atoms with Gasteiger partial charge in [0, 0.05) is 18.0 Å². The molecule has 0 spiro atoms. The number of rotatable bonds is 5. The molecule has 1 heterocycles. The van der Waals surface area contributed by atoms with Crippen molar-refractivity contribution in [3.63, 3.8) is 0 Å². The number of aliphatic imine (C=N–C) groups is 1. The van der Waals surface area contributed by atoms with E-state index in [1.54, 1.807) is 18.2 Å². The van der Waals surface area contributed by atoms with Crippen LogP contribution in [0.2, 0.25) is 0 Å². The van der Waals surface area contributed by atoms with Crippen LogP contribution < -0.4 is 20.1 Å². The molecular weight excluding hydrogens is 316 g/mol. The number of nitriles is 1. The number of anilines is 1. The Hall–Kier alpha value is -2.66. The quantitative estimate of drug-likeness (QED) is 0.630. The molecule has 1 aromatic carbocycles. The summed E-state index contributed by atoms with van der Waals surface area (Å²) in [7, 11) is 3.02. The number of benzene rings is 1. The molecule has 1 aliphatic heterocycles. The molecule has 0 fully saturated rings. The van der Waals surface area contributed by atoms with Crippen LogP contribution in [-0.2, 0) is 4.79 Å². The van der Waals surface area contributed by atoms with E-state index in [4.69, 9.17) is 14.7 Å². The molecule has 0 saturated heterocycles. The molecule has 0 atom stereocenters. The zero-order valence-electron chi connectivity index (χ0n) is 12.8. The molecule has 7 nitrogen and oxygen atoms in total. The molecule has 0 saturated carbocycles. The van der Waals surface area contributed by atoms with Gasteiger partial charge in [-0.15, -0.1) is 0 Å². The molecule has 120 valence electrons. The van der Waals surface area contributed by atoms with Crippen molar-refractivity contribution < 1.29 is 14.3 Å². The third-order valence-corrected chi connectivity index (χ3v) is 3.85. The van der Waals surface area contributed by atoms with Crippen molar-refractivity contribution in [3.05, 3.63) is 30.0 Å². The Labute approximate surface area is 138 Å². The second kappa shape index (κ2) is 8.10. The van der Waals surface area contributed by atoms with Crippen LogP contribution in [-0.4, -0.2) is 37.6 Å². The lowest BCUT2D eigenvalue weighted by Gasteiger charge is -2.11. The summed E-state index contributed by atoms with van der Waals surface area (Å²) in [6.07, 6.45) is 1.35. The summed E-state index contributed by atoms with van der Waals surface area (Å²) in [4.78, 5) is 16.4. The number of hydrogen-bond acceptors (Lipinski definition) is 7. The van der Waals surface area contributed by atoms with Crippen LogP contribution in [0.3, 0.4) is 0 Å². The highest BCUT2D eigenvalue weighted by atomic mass is 32.2. The molecule has 8 heteroatoms. The lowest BCUT2D eigenvalue weighted by atomic mass is 10.2. The van der Waals surface area contributed by atoms with Crippen molar-refractivity contribution in [1.29, 1.82) is 5.26 Å². The Morgan fingerprint density at radius 3 is 2.87 bits per heavy atom. The first-order chi connectivity index (χ1) is 11.2. The SMILES string of the molecule is COc1ccc(OC)c(NC(=O)/C(C#N)=C\NC2=NCCS2)c1. The number of methoxy groups -OCH3 is 2. The predicted octanol–water partition coefficient (Wildman–Crippen LogP) is 1.74. The van der Waals surface area contributed by atoms with Crippen LogP contribution in [0.25, 0.3) is 0 Å². The van der Waals surface area contributed by atoms with Crippen molar-refractivity contribution in [2.45, 2.75) is 0 Å². The van der Waals surface area contributed by atoms with Crippen molar-refractivity contribution in [3.8, 4) is 17.6 Å². The number of carbonyl (C=O) groups is 1. The number of amides is 1. The van der Waals surface area contributed by atoms with E-state index in [1.807, 2.05) is 6.07 Å². The molecule has 0 aliphatic carbocycles. The third-order valence-electron chi connectivity index (χ3n) is 2.95. The minimum atomic E-state index is -0.546. The van der Waals surface area contributed by atoms with Crippen LogP contribution in [0.1, 0.15) is 0 Å². The number of amidine groups is 1. The topological polar surface area (TPSA) is 95.7 Å². The summed E-state index contributed by atoms with van der Waals surface area (Å²) in [5.41, 5.74) is 0.357. The van der Waals surface area contributed by atoms with Gasteiger partial charge in [-0.3, -0.25) is 9.79 Å². The van der Waals surface area contributed by atoms with Gasteiger partial charge in [-0.1, -0.05) is 11.8 Å². The zero-order valence-corrected chi connectivity index (χ0v) is 13.6. The van der Waals surface area contributed by atoms with Gasteiger partial charge in [-0.05, 0) is 12.1 Å². The average Bonchev–Trinajstić information content (AvgIpc) is 3.08. The van der Waals surface area contributed by atoms with Gasteiger partial charge in [0.05, 0.1) is 26.5 Å². The van der Waals surface area contributed by atoms with Gasteiger partial charge < -0.3 is 20.1 Å². The van der Waals surface area contributed by atoms with E-state index < -0.39 is 5.91 Å². The highest BCUT2D eigenvalue weighted by molar-refractivity contribution is 8.14. The first-order valence-corrected chi connectivity index (χ1v) is 7.74. The van der Waals surface area contributed by atoms with Crippen LogP contribution in [0, 0.1) is 11.3 Å². The standard InChI is InChI=1S/C15H16N4O3S/c1-21-11-3-4-13(22-2)12(7-11)19-14(20)10(8-16)9-18-15-17-5-6-23-15/h3-4,7,9H,5-6H2,1-2H3,(H,17,18)(H,19,20)/b10-9-. The first kappa shape index (κ1) is 16.7. The number of hydrogen-bond donors (Lipinski definition) is 2. The lowest BCUT2D eigenvalue weighted by Crippen LogP contribution is -2.19. The van der Waals surface area contributed by atoms with Gasteiger partial charge in [-0.25, -0.2) is 0 Å². The van der Waals surface area contributed by atoms with Gasteiger partial charge in [-0.2, -0.15) is 5.26 Å². The number of nitrogens with one attached hydrogen (secondary N) is 2. The van der Waals surface area contributed by atoms with E-state index in [9.17, 15) is 4.79 Å². The van der Waals surface area contributed by atoms with Gasteiger partial charge in [0.25, 0.3) is 5.91 Å². The van der Waals surface area contributed by atoms with E-state index in [-0.39, 0.29) is 5.57 Å². The molecule has 2 N–H and O–H groups in total. The molecule has 1 aliphatic rings. The normalized spacial score (nSPS) is 13.8. The highest BCUT2D eigenvalue weighted by Crippen LogP contribution is 2.29. The number of ether oxygens (including phenoxy) is 2. The fourth-order valence-corrected chi connectivity index (χ4v) is 2.51. The minimum Gasteiger partial charge on any atom is -0.497 e. The summed E-state index contributed by atoms with van der Waals surface area (Å²) in [6.45, 7) is 0.732. The summed E-state index contributed by atoms with van der Waals surface area (Å²) in [6, 6.07) is 6.87. The number of carbonyl (C=O) groups excluding carboxylic acids is 1. The monoisotopic (exact) mass is 332 g/mol. The molecular formula is C15H16N4O3S. The van der Waals surface area contributed by atoms with E-state index in [2.05, 4.69) is 15.6 Å². The molecule has 1 amide bonds. The van der Waals surface area contributed by atoms with Crippen LogP contribution in [0.15, 0.2) is 35.0 Å². The minimum absolute atomic E-state index is 0.0647. The molecule has 23 heavy (non-hydrogen) atoms. The summed E-state index contributed by atoms with van der Waals surface area (Å²) in [5, 5.41) is 15.4. The second-order valence-corrected chi connectivity index (χ2v) is 5.45. The van der Waals surface area contributed by atoms with E-state index in [1.165, 1.54) is 32.2 Å². The Morgan fingerprint density at radius 2 is 2.26 bits per heavy atom. The van der Waals surface area contributed by atoms with Crippen molar-refractivity contribution in [2.75, 3.05) is 31.8 Å². The van der Waals surface area contributed by atoms with Gasteiger partial charge in [0.15, 0.2) is 5.17 Å². The highest BCUT2D eigenvalue weighted by Gasteiger charge is 2.14. The fraction of sp³-hybridized carbons (Fsp3) is 0.267. The van der Waals surface area contributed by atoms with Gasteiger partial charge >= 0.3 is 0 Å². The molecule has 1 aromatic rings. The Kier molecular flexibility index (Phi) is 5.88. The van der Waals surface area contributed by atoms with Gasteiger partial charge in [0.2, 0.25) is 0 Å². The Balaban J connectivity index is 2.13. The molecule has 0 aromatic heterocycles. The summed E-state index contributed by atoms with van der Waals surface area (Å²) < 4.78 is 10.3. The van der Waals surface area contributed by atoms with E-state index >= 15 is 0 Å². The first-order valence-electron chi connectivity index (χ1n) is 6.75.